The van der Waals surface area contributed by atoms with E-state index in [9.17, 15) is 4.79 Å². The molecule has 4 heteroatoms. The maximum absolute atomic E-state index is 10.6. The summed E-state index contributed by atoms with van der Waals surface area (Å²) in [4.78, 5) is 11.5. The normalized spacial score (nSPS) is 9.83. The fourth-order valence-electron chi connectivity index (χ4n) is 0.793. The van der Waals surface area contributed by atoms with E-state index in [0.717, 1.165) is 9.37 Å². The summed E-state index contributed by atoms with van der Waals surface area (Å²) in [6, 6.07) is 4.97. The zero-order valence-electron chi connectivity index (χ0n) is 6.37. The molecule has 0 saturated carbocycles. The first-order chi connectivity index (χ1) is 5.65. The monoisotopic (exact) mass is 246 g/mol. The Balaban J connectivity index is 3.13. The number of aromatic carboxylic acids is 1. The van der Waals surface area contributed by atoms with Crippen LogP contribution in [0.15, 0.2) is 27.6 Å². The van der Waals surface area contributed by atoms with Crippen molar-refractivity contribution in [2.75, 3.05) is 6.26 Å². The third kappa shape index (κ3) is 2.01. The quantitative estimate of drug-likeness (QED) is 0.816. The topological polar surface area (TPSA) is 37.3 Å². The van der Waals surface area contributed by atoms with Crippen LogP contribution in [0, 0.1) is 0 Å². The molecule has 0 spiro atoms. The van der Waals surface area contributed by atoms with Gasteiger partial charge in [-0.25, -0.2) is 4.79 Å². The lowest BCUT2D eigenvalue weighted by Gasteiger charge is -2.01. The molecule has 1 aromatic carbocycles. The van der Waals surface area contributed by atoms with Crippen LogP contribution in [0.4, 0.5) is 0 Å². The van der Waals surface area contributed by atoms with Gasteiger partial charge in [-0.3, -0.25) is 0 Å². The number of carboxylic acid groups (broad SMARTS) is 1. The summed E-state index contributed by atoms with van der Waals surface area (Å²) in [7, 11) is 0. The van der Waals surface area contributed by atoms with Crippen LogP contribution < -0.4 is 0 Å². The maximum Gasteiger partial charge on any atom is 0.335 e. The predicted octanol–water partition coefficient (Wildman–Crippen LogP) is 2.87. The van der Waals surface area contributed by atoms with E-state index < -0.39 is 5.97 Å². The van der Waals surface area contributed by atoms with Crippen LogP contribution in [0.3, 0.4) is 0 Å². The highest BCUT2D eigenvalue weighted by molar-refractivity contribution is 9.10. The van der Waals surface area contributed by atoms with Gasteiger partial charge in [-0.15, -0.1) is 11.8 Å². The molecule has 0 aromatic heterocycles. The minimum absolute atomic E-state index is 0.322. The lowest BCUT2D eigenvalue weighted by Crippen LogP contribution is -1.95. The van der Waals surface area contributed by atoms with Crippen LogP contribution in [-0.4, -0.2) is 17.3 Å². The third-order valence-electron chi connectivity index (χ3n) is 1.40. The highest BCUT2D eigenvalue weighted by Crippen LogP contribution is 2.26. The first-order valence-corrected chi connectivity index (χ1v) is 5.23. The van der Waals surface area contributed by atoms with Crippen LogP contribution in [-0.2, 0) is 0 Å². The smallest absolute Gasteiger partial charge is 0.335 e. The van der Waals surface area contributed by atoms with Crippen LogP contribution in [0.25, 0.3) is 0 Å². The fourth-order valence-corrected chi connectivity index (χ4v) is 2.03. The molecular formula is C8H7BrO2S. The van der Waals surface area contributed by atoms with Gasteiger partial charge >= 0.3 is 5.97 Å². The molecular weight excluding hydrogens is 240 g/mol. The number of halogens is 1. The molecule has 1 N–H and O–H groups in total. The Morgan fingerprint density at radius 1 is 1.58 bits per heavy atom. The van der Waals surface area contributed by atoms with Crippen molar-refractivity contribution in [1.82, 2.24) is 0 Å². The van der Waals surface area contributed by atoms with Crippen molar-refractivity contribution in [2.45, 2.75) is 4.90 Å². The van der Waals surface area contributed by atoms with Crippen LogP contribution >= 0.6 is 27.7 Å². The van der Waals surface area contributed by atoms with Crippen molar-refractivity contribution in [3.05, 3.63) is 28.2 Å². The summed E-state index contributed by atoms with van der Waals surface area (Å²) >= 11 is 4.84. The molecule has 0 radical (unpaired) electrons. The molecule has 1 rings (SSSR count). The van der Waals surface area contributed by atoms with E-state index in [0.29, 0.717) is 5.56 Å². The standard InChI is InChI=1S/C8H7BrO2S/c1-12-7-4-5(8(10)11)2-3-6(7)9/h2-4H,1H3,(H,10,11). The third-order valence-corrected chi connectivity index (χ3v) is 3.13. The zero-order chi connectivity index (χ0) is 9.14. The second kappa shape index (κ2) is 3.96. The maximum atomic E-state index is 10.6. The average molecular weight is 247 g/mol. The summed E-state index contributed by atoms with van der Waals surface area (Å²) in [6.07, 6.45) is 1.91. The van der Waals surface area contributed by atoms with Gasteiger partial charge in [0.05, 0.1) is 5.56 Å². The van der Waals surface area contributed by atoms with Gasteiger partial charge < -0.3 is 5.11 Å². The van der Waals surface area contributed by atoms with Gasteiger partial charge in [0.25, 0.3) is 0 Å². The van der Waals surface area contributed by atoms with Gasteiger partial charge in [0.2, 0.25) is 0 Å². The Labute approximate surface area is 83.1 Å². The minimum Gasteiger partial charge on any atom is -0.478 e. The molecule has 0 amide bonds. The summed E-state index contributed by atoms with van der Waals surface area (Å²) < 4.78 is 0.931. The van der Waals surface area contributed by atoms with E-state index in [1.54, 1.807) is 18.2 Å². The van der Waals surface area contributed by atoms with Crippen molar-refractivity contribution in [3.8, 4) is 0 Å². The number of carboxylic acids is 1. The number of carbonyl (C=O) groups is 1. The Morgan fingerprint density at radius 3 is 2.75 bits per heavy atom. The second-order valence-corrected chi connectivity index (χ2v) is 3.86. The number of thioether (sulfide) groups is 1. The summed E-state index contributed by atoms with van der Waals surface area (Å²) in [5, 5.41) is 8.67. The highest BCUT2D eigenvalue weighted by atomic mass is 79.9. The van der Waals surface area contributed by atoms with Gasteiger partial charge in [0.1, 0.15) is 0 Å². The van der Waals surface area contributed by atoms with Crippen LogP contribution in [0.2, 0.25) is 0 Å². The van der Waals surface area contributed by atoms with E-state index >= 15 is 0 Å². The molecule has 0 unspecified atom stereocenters. The largest absolute Gasteiger partial charge is 0.478 e. The van der Waals surface area contributed by atoms with E-state index in [-0.39, 0.29) is 0 Å². The van der Waals surface area contributed by atoms with E-state index in [2.05, 4.69) is 15.9 Å². The molecule has 12 heavy (non-hydrogen) atoms. The van der Waals surface area contributed by atoms with E-state index in [4.69, 9.17) is 5.11 Å². The average Bonchev–Trinajstić information content (AvgIpc) is 2.05. The van der Waals surface area contributed by atoms with Crippen molar-refractivity contribution in [2.24, 2.45) is 0 Å². The lowest BCUT2D eigenvalue weighted by atomic mass is 10.2. The van der Waals surface area contributed by atoms with Gasteiger partial charge in [-0.2, -0.15) is 0 Å². The molecule has 64 valence electrons. The Hall–Kier alpha value is -0.480. The fraction of sp³-hybridized carbons (Fsp3) is 0.125. The minimum atomic E-state index is -0.891. The summed E-state index contributed by atoms with van der Waals surface area (Å²) in [6.45, 7) is 0. The molecule has 0 aliphatic carbocycles. The first kappa shape index (κ1) is 9.61. The van der Waals surface area contributed by atoms with Crippen molar-refractivity contribution in [3.63, 3.8) is 0 Å². The molecule has 0 aliphatic rings. The van der Waals surface area contributed by atoms with E-state index in [1.165, 1.54) is 11.8 Å². The summed E-state index contributed by atoms with van der Waals surface area (Å²) in [5.41, 5.74) is 0.322. The number of hydrogen-bond donors (Lipinski definition) is 1. The van der Waals surface area contributed by atoms with Crippen molar-refractivity contribution in [1.29, 1.82) is 0 Å². The molecule has 0 bridgehead atoms. The van der Waals surface area contributed by atoms with E-state index in [1.807, 2.05) is 6.26 Å². The molecule has 1 aromatic rings. The Kier molecular flexibility index (Phi) is 3.17. The van der Waals surface area contributed by atoms with Gasteiger partial charge in [-0.1, -0.05) is 0 Å². The zero-order valence-corrected chi connectivity index (χ0v) is 8.78. The molecule has 0 saturated heterocycles. The van der Waals surface area contributed by atoms with Crippen LogP contribution in [0.5, 0.6) is 0 Å². The Bertz CT molecular complexity index is 312. The number of benzene rings is 1. The van der Waals surface area contributed by atoms with Crippen LogP contribution in [0.1, 0.15) is 10.4 Å². The SMILES string of the molecule is CSc1cc(C(=O)O)ccc1Br. The molecule has 0 fully saturated rings. The number of hydrogen-bond acceptors (Lipinski definition) is 2. The number of rotatable bonds is 2. The second-order valence-electron chi connectivity index (χ2n) is 2.15. The van der Waals surface area contributed by atoms with Crippen molar-refractivity contribution < 1.29 is 9.90 Å². The predicted molar refractivity (Wildman–Crippen MR) is 52.9 cm³/mol. The van der Waals surface area contributed by atoms with Gasteiger partial charge in [0.15, 0.2) is 0 Å². The molecule has 2 nitrogen and oxygen atoms in total. The molecule has 0 atom stereocenters. The summed E-state index contributed by atoms with van der Waals surface area (Å²) in [5.74, 6) is -0.891. The lowest BCUT2D eigenvalue weighted by molar-refractivity contribution is 0.0696. The molecule has 0 aliphatic heterocycles. The first-order valence-electron chi connectivity index (χ1n) is 3.22. The highest BCUT2D eigenvalue weighted by Gasteiger charge is 2.05. The molecule has 0 heterocycles. The van der Waals surface area contributed by atoms with Crippen molar-refractivity contribution >= 4 is 33.7 Å². The van der Waals surface area contributed by atoms with Gasteiger partial charge in [-0.05, 0) is 40.4 Å². The van der Waals surface area contributed by atoms with Gasteiger partial charge in [0, 0.05) is 9.37 Å². The Morgan fingerprint density at radius 2 is 2.25 bits per heavy atom.